The number of hydrogen-bond acceptors (Lipinski definition) is 24. The van der Waals surface area contributed by atoms with Crippen LogP contribution in [0.25, 0.3) is 220 Å². The van der Waals surface area contributed by atoms with Crippen molar-refractivity contribution in [3.05, 3.63) is 266 Å². The summed E-state index contributed by atoms with van der Waals surface area (Å²) < 4.78 is 0. The number of nitrogens with one attached hydrogen (secondary N) is 12. The van der Waals surface area contributed by atoms with E-state index in [1.807, 2.05) is 171 Å². The lowest BCUT2D eigenvalue weighted by molar-refractivity contribution is -0.118. The van der Waals surface area contributed by atoms with Gasteiger partial charge in [-0.15, -0.1) is 45.3 Å². The average molecular weight is 2020 g/mol. The van der Waals surface area contributed by atoms with Gasteiger partial charge in [0.15, 0.2) is 23.3 Å². The Morgan fingerprint density at radius 1 is 0.320 bits per heavy atom. The summed E-state index contributed by atoms with van der Waals surface area (Å²) in [4.78, 5) is 121. The molecule has 1 saturated carbocycles. The Morgan fingerprint density at radius 2 is 0.605 bits per heavy atom. The first-order chi connectivity index (χ1) is 69.9. The number of thiophene rings is 4. The maximum atomic E-state index is 12.4. The van der Waals surface area contributed by atoms with Gasteiger partial charge >= 0.3 is 0 Å². The molecule has 12 N–H and O–H groups in total. The van der Waals surface area contributed by atoms with Gasteiger partial charge in [0.05, 0.1) is 116 Å². The van der Waals surface area contributed by atoms with Gasteiger partial charge in [0, 0.05) is 160 Å². The summed E-state index contributed by atoms with van der Waals surface area (Å²) >= 11 is 6.64. The monoisotopic (exact) mass is 2020 g/mol. The normalized spacial score (nSPS) is 11.7. The highest BCUT2D eigenvalue weighted by Gasteiger charge is 2.31. The summed E-state index contributed by atoms with van der Waals surface area (Å²) in [5.41, 5.74) is 27.6. The van der Waals surface area contributed by atoms with Gasteiger partial charge < -0.3 is 41.2 Å². The summed E-state index contributed by atoms with van der Waals surface area (Å²) in [6.45, 7) is 10.2. The van der Waals surface area contributed by atoms with Crippen molar-refractivity contribution in [1.82, 2.24) is 121 Å². The van der Waals surface area contributed by atoms with E-state index in [1.54, 1.807) is 120 Å². The zero-order valence-electron chi connectivity index (χ0n) is 77.6. The third-order valence-corrected chi connectivity index (χ3v) is 27.8. The molecule has 1 aliphatic carbocycles. The molecule has 25 rings (SSSR count). The van der Waals surface area contributed by atoms with Gasteiger partial charge in [-0.3, -0.25) is 79.4 Å². The quantitative estimate of drug-likeness (QED) is 0.0283. The molecule has 0 bridgehead atoms. The van der Waals surface area contributed by atoms with Crippen LogP contribution in [0.1, 0.15) is 116 Å². The summed E-state index contributed by atoms with van der Waals surface area (Å²) in [6.07, 6.45) is 34.4. The molecule has 1 fully saturated rings. The topological polar surface area (TPSA) is 449 Å². The van der Waals surface area contributed by atoms with Crippen LogP contribution in [-0.4, -0.2) is 144 Å². The Labute approximate surface area is 860 Å². The highest BCUT2D eigenvalue weighted by Crippen LogP contribution is 2.43. The Hall–Kier alpha value is -17.5. The molecule has 0 spiro atoms. The Balaban J connectivity index is 0.000000127. The number of pyridine rings is 8. The molecular weight excluding hydrogens is 1920 g/mol. The fourth-order valence-corrected chi connectivity index (χ4v) is 20.0. The minimum absolute atomic E-state index is 0. The lowest BCUT2D eigenvalue weighted by atomic mass is 9.92. The molecule has 4 amide bonds. The lowest BCUT2D eigenvalue weighted by Crippen LogP contribution is -2.19. The highest BCUT2D eigenvalue weighted by molar-refractivity contribution is 7.14. The van der Waals surface area contributed by atoms with Crippen LogP contribution in [0.2, 0.25) is 0 Å². The summed E-state index contributed by atoms with van der Waals surface area (Å²) in [7, 11) is 0. The molecule has 24 aromatic rings. The van der Waals surface area contributed by atoms with Gasteiger partial charge in [0.25, 0.3) is 0 Å². The standard InChI is InChI=1S/C28H25N7OS.C27H23N7OS.C26H19N7OS.C26H21N7OS.4CH4/c1-28(2,3)11-24(36)31-18-9-17(12-29-13-18)16-6-7-21-19(10-16)26(35-34-21)27-32-22-15-30-14-20(25(22)33-27)23-5-4-8-37-23;1-2-3-6-24(35)30-18-10-17(12-28-13-18)16-7-8-21-19(11-16)26(34-33-21)27-31-22-15-29-14-20(25(22)32-27)23-5-4-9-36-23;34-26(14-3-4-14)29-17-8-16(10-27-11-17)15-5-6-20-18(9-15)24(33-32-20)25-30-21-13-28-12-19(23(21)31-25)22-2-1-7-35-22;1-2-4-23(34)29-17-9-16(11-27-12-17)15-6-7-20-18(10-15)25(33-32-20)26-30-21-14-28-13-19(24(21)31-26)22-5-3-8-35-22;;;;/h4-10,12-15H,11H2,1-3H3,(H,31,36)(H,32,33)(H,34,35);4-5,7-15H,2-3,6H2,1H3,(H,30,35)(H,31,32)(H,33,34);1-2,5-14H,3-4H2,(H,29,34)(H,30,31)(H,32,33);3,5-14H,2,4H2,1H3,(H,29,34)(H,30,31)(H,32,33);4*1H4. The molecule has 0 radical (unpaired) electrons. The minimum atomic E-state index is -0.0882. The van der Waals surface area contributed by atoms with Crippen molar-refractivity contribution in [3.63, 3.8) is 0 Å². The molecule has 1 aliphatic rings. The summed E-state index contributed by atoms with van der Waals surface area (Å²) in [6, 6.07) is 48.4. The molecule has 736 valence electrons. The van der Waals surface area contributed by atoms with Crippen molar-refractivity contribution in [2.45, 2.75) is 116 Å². The third kappa shape index (κ3) is 21.5. The third-order valence-electron chi connectivity index (χ3n) is 24.2. The van der Waals surface area contributed by atoms with E-state index >= 15 is 0 Å². The Kier molecular flexibility index (Phi) is 29.4. The summed E-state index contributed by atoms with van der Waals surface area (Å²) in [5, 5.41) is 54.4. The van der Waals surface area contributed by atoms with Gasteiger partial charge in [-0.25, -0.2) is 19.9 Å². The molecule has 147 heavy (non-hydrogen) atoms. The van der Waals surface area contributed by atoms with Crippen LogP contribution < -0.4 is 21.3 Å². The molecular formula is C111H104N28O4S4. The van der Waals surface area contributed by atoms with Gasteiger partial charge in [-0.2, -0.15) is 20.4 Å². The molecule has 0 saturated heterocycles. The van der Waals surface area contributed by atoms with Crippen LogP contribution in [0.4, 0.5) is 22.7 Å². The number of carbonyl (C=O) groups is 4. The van der Waals surface area contributed by atoms with E-state index < -0.39 is 0 Å². The number of hydrogen-bond donors (Lipinski definition) is 12. The number of imidazole rings is 4. The fourth-order valence-electron chi connectivity index (χ4n) is 17.1. The molecule has 0 aliphatic heterocycles. The van der Waals surface area contributed by atoms with Gasteiger partial charge in [0.2, 0.25) is 23.6 Å². The molecule has 32 nitrogen and oxygen atoms in total. The predicted octanol–water partition coefficient (Wildman–Crippen LogP) is 27.3. The number of carbonyl (C=O) groups excluding carboxylic acids is 4. The van der Waals surface area contributed by atoms with Crippen molar-refractivity contribution in [2.24, 2.45) is 11.3 Å². The molecule has 0 atom stereocenters. The van der Waals surface area contributed by atoms with Crippen molar-refractivity contribution in [1.29, 1.82) is 0 Å². The van der Waals surface area contributed by atoms with Crippen LogP contribution in [-0.2, 0) is 19.2 Å². The van der Waals surface area contributed by atoms with Crippen molar-refractivity contribution < 1.29 is 19.2 Å². The van der Waals surface area contributed by atoms with E-state index in [0.29, 0.717) is 65.3 Å². The number of amides is 4. The van der Waals surface area contributed by atoms with E-state index in [9.17, 15) is 19.2 Å². The number of H-pyrrole nitrogens is 8. The first-order valence-electron chi connectivity index (χ1n) is 46.4. The lowest BCUT2D eigenvalue weighted by Gasteiger charge is -2.17. The van der Waals surface area contributed by atoms with Crippen molar-refractivity contribution in [3.8, 4) is 132 Å². The Morgan fingerprint density at radius 3 is 0.878 bits per heavy atom. The van der Waals surface area contributed by atoms with Crippen molar-refractivity contribution in [2.75, 3.05) is 21.3 Å². The van der Waals surface area contributed by atoms with Gasteiger partial charge in [-0.1, -0.05) is 119 Å². The number of benzene rings is 4. The number of unbranched alkanes of at least 4 members (excludes halogenated alkanes) is 1. The van der Waals surface area contributed by atoms with E-state index in [1.165, 1.54) is 0 Å². The number of nitrogens with zero attached hydrogens (tertiary/aromatic N) is 16. The van der Waals surface area contributed by atoms with E-state index in [-0.39, 0.29) is 64.7 Å². The SMILES string of the molecule is C.C.C.C.CC(C)(C)CC(=O)Nc1cncc(-c2ccc3[nH]nc(-c4nc5c(-c6cccs6)cncc5[nH]4)c3c2)c1.CCCC(=O)Nc1cncc(-c2ccc3[nH]nc(-c4nc5c(-c6cccs6)cncc5[nH]4)c3c2)c1.CCCCC(=O)Nc1cncc(-c2ccc3[nH]nc(-c4nc5c(-c6cccs6)cncc5[nH]4)c3c2)c1.O=C(Nc1cncc(-c2ccc3[nH]nc(-c4nc5c(-c6cccs6)cncc5[nH]4)c3c2)c1)C1CC1. The van der Waals surface area contributed by atoms with Gasteiger partial charge in [-0.05, 0) is 172 Å². The van der Waals surface area contributed by atoms with E-state index in [0.717, 1.165) is 229 Å². The van der Waals surface area contributed by atoms with Gasteiger partial charge in [0.1, 0.15) is 44.8 Å². The van der Waals surface area contributed by atoms with E-state index in [2.05, 4.69) is 177 Å². The number of anilines is 4. The van der Waals surface area contributed by atoms with Crippen LogP contribution in [0.15, 0.2) is 266 Å². The van der Waals surface area contributed by atoms with Crippen LogP contribution in [0.3, 0.4) is 0 Å². The second kappa shape index (κ2) is 43.4. The number of rotatable bonds is 23. The maximum Gasteiger partial charge on any atom is 0.227 e. The zero-order valence-corrected chi connectivity index (χ0v) is 80.8. The number of fused-ring (bicyclic) bond motifs is 8. The molecule has 20 heterocycles. The first kappa shape index (κ1) is 99.7. The van der Waals surface area contributed by atoms with E-state index in [4.69, 9.17) is 19.9 Å². The largest absolute Gasteiger partial charge is 0.335 e. The smallest absolute Gasteiger partial charge is 0.227 e. The average Bonchev–Trinajstić information content (AvgIpc) is 1.63. The second-order valence-electron chi connectivity index (χ2n) is 35.8. The first-order valence-corrected chi connectivity index (χ1v) is 49.9. The fraction of sp³-hybridized carbons (Fsp3) is 0.171. The number of aromatic nitrogens is 24. The zero-order chi connectivity index (χ0) is 97.2. The Bertz CT molecular complexity index is 8840. The second-order valence-corrected chi connectivity index (χ2v) is 39.6. The predicted molar refractivity (Wildman–Crippen MR) is 595 cm³/mol. The number of aromatic amines is 8. The van der Waals surface area contributed by atoms with Crippen LogP contribution in [0, 0.1) is 11.3 Å². The van der Waals surface area contributed by atoms with Crippen LogP contribution >= 0.6 is 45.3 Å². The molecule has 36 heteroatoms. The highest BCUT2D eigenvalue weighted by atomic mass is 32.1. The maximum absolute atomic E-state index is 12.4. The molecule has 20 aromatic heterocycles. The minimum Gasteiger partial charge on any atom is -0.335 e. The molecule has 0 unspecified atom stereocenters. The summed E-state index contributed by atoms with van der Waals surface area (Å²) in [5.74, 6) is 2.87. The van der Waals surface area contributed by atoms with Crippen molar-refractivity contribution >= 4 is 179 Å². The van der Waals surface area contributed by atoms with Crippen LogP contribution in [0.5, 0.6) is 0 Å². The molecule has 4 aromatic carbocycles.